The summed E-state index contributed by atoms with van der Waals surface area (Å²) in [6, 6.07) is 5.31. The molecule has 1 aromatic heterocycles. The first kappa shape index (κ1) is 12.0. The van der Waals surface area contributed by atoms with Crippen molar-refractivity contribution in [2.45, 2.75) is 18.9 Å². The highest BCUT2D eigenvalue weighted by molar-refractivity contribution is 5.66. The third-order valence-electron chi connectivity index (χ3n) is 3.12. The highest BCUT2D eigenvalue weighted by Gasteiger charge is 2.24. The van der Waals surface area contributed by atoms with Crippen molar-refractivity contribution in [3.05, 3.63) is 24.0 Å². The molecule has 1 unspecified atom stereocenters. The van der Waals surface area contributed by atoms with Gasteiger partial charge in [0.2, 0.25) is 5.82 Å². The van der Waals surface area contributed by atoms with Crippen molar-refractivity contribution >= 4 is 5.69 Å². The van der Waals surface area contributed by atoms with Gasteiger partial charge in [-0.25, -0.2) is 0 Å². The average molecular weight is 261 g/mol. The van der Waals surface area contributed by atoms with E-state index in [1.54, 1.807) is 25.3 Å². The predicted molar refractivity (Wildman–Crippen MR) is 68.6 cm³/mol. The van der Waals surface area contributed by atoms with Gasteiger partial charge in [0, 0.05) is 18.4 Å². The highest BCUT2D eigenvalue weighted by atomic mass is 16.5. The minimum Gasteiger partial charge on any atom is -0.496 e. The first-order chi connectivity index (χ1) is 9.28. The molecule has 100 valence electrons. The molecule has 0 amide bonds. The second kappa shape index (κ2) is 4.89. The van der Waals surface area contributed by atoms with E-state index in [4.69, 9.17) is 19.7 Å². The van der Waals surface area contributed by atoms with E-state index in [9.17, 15) is 0 Å². The average Bonchev–Trinajstić information content (AvgIpc) is 3.09. The Morgan fingerprint density at radius 1 is 1.42 bits per heavy atom. The summed E-state index contributed by atoms with van der Waals surface area (Å²) in [6.07, 6.45) is 1.90. The summed E-state index contributed by atoms with van der Waals surface area (Å²) < 4.78 is 16.1. The van der Waals surface area contributed by atoms with E-state index in [1.165, 1.54) is 0 Å². The fourth-order valence-electron chi connectivity index (χ4n) is 2.14. The topological polar surface area (TPSA) is 83.4 Å². The number of ether oxygens (including phenoxy) is 2. The molecule has 1 aromatic carbocycles. The van der Waals surface area contributed by atoms with Crippen LogP contribution in [-0.2, 0) is 4.74 Å². The fourth-order valence-corrected chi connectivity index (χ4v) is 2.14. The minimum atomic E-state index is -0.0581. The number of benzene rings is 1. The first-order valence-electron chi connectivity index (χ1n) is 6.17. The molecule has 1 saturated heterocycles. The van der Waals surface area contributed by atoms with Crippen molar-refractivity contribution in [3.63, 3.8) is 0 Å². The van der Waals surface area contributed by atoms with Crippen LogP contribution in [-0.4, -0.2) is 23.9 Å². The van der Waals surface area contributed by atoms with Crippen LogP contribution in [0.1, 0.15) is 24.8 Å². The number of hydrogen-bond donors (Lipinski definition) is 1. The van der Waals surface area contributed by atoms with Crippen molar-refractivity contribution in [2.75, 3.05) is 19.5 Å². The Hall–Kier alpha value is -2.08. The predicted octanol–water partition coefficient (Wildman–Crippen LogP) is 2.18. The van der Waals surface area contributed by atoms with Gasteiger partial charge in [-0.15, -0.1) is 0 Å². The lowest BCUT2D eigenvalue weighted by Crippen LogP contribution is -1.98. The van der Waals surface area contributed by atoms with Gasteiger partial charge >= 0.3 is 0 Å². The second-order valence-corrected chi connectivity index (χ2v) is 4.42. The van der Waals surface area contributed by atoms with Gasteiger partial charge in [0.1, 0.15) is 11.9 Å². The normalized spacial score (nSPS) is 18.7. The van der Waals surface area contributed by atoms with Crippen LogP contribution < -0.4 is 10.5 Å². The van der Waals surface area contributed by atoms with Gasteiger partial charge in [0.25, 0.3) is 5.89 Å². The SMILES string of the molecule is COc1cc(N)ccc1-c1nc(C2CCCO2)no1. The molecule has 1 fully saturated rings. The van der Waals surface area contributed by atoms with Crippen molar-refractivity contribution in [1.29, 1.82) is 0 Å². The molecule has 2 aromatic rings. The number of nitrogens with zero attached hydrogens (tertiary/aromatic N) is 2. The Morgan fingerprint density at radius 3 is 3.05 bits per heavy atom. The van der Waals surface area contributed by atoms with Gasteiger partial charge in [0.05, 0.1) is 12.7 Å². The molecule has 0 aliphatic carbocycles. The summed E-state index contributed by atoms with van der Waals surface area (Å²) in [7, 11) is 1.58. The highest BCUT2D eigenvalue weighted by Crippen LogP contribution is 2.33. The Balaban J connectivity index is 1.93. The Kier molecular flexibility index (Phi) is 3.08. The van der Waals surface area contributed by atoms with E-state index in [1.807, 2.05) is 0 Å². The van der Waals surface area contributed by atoms with Gasteiger partial charge in [0.15, 0.2) is 0 Å². The number of nitrogen functional groups attached to an aromatic ring is 1. The number of aromatic nitrogens is 2. The van der Waals surface area contributed by atoms with Gasteiger partial charge in [-0.3, -0.25) is 0 Å². The van der Waals surface area contributed by atoms with Crippen LogP contribution in [0.3, 0.4) is 0 Å². The summed E-state index contributed by atoms with van der Waals surface area (Å²) in [6.45, 7) is 0.750. The van der Waals surface area contributed by atoms with E-state index < -0.39 is 0 Å². The monoisotopic (exact) mass is 261 g/mol. The van der Waals surface area contributed by atoms with Gasteiger partial charge in [-0.05, 0) is 25.0 Å². The summed E-state index contributed by atoms with van der Waals surface area (Å²) >= 11 is 0. The van der Waals surface area contributed by atoms with Crippen molar-refractivity contribution in [3.8, 4) is 17.2 Å². The molecule has 1 atom stereocenters. The second-order valence-electron chi connectivity index (χ2n) is 4.42. The number of anilines is 1. The van der Waals surface area contributed by atoms with E-state index in [0.29, 0.717) is 23.2 Å². The molecule has 0 bridgehead atoms. The molecule has 1 aliphatic heterocycles. The Bertz CT molecular complexity index is 576. The number of nitrogens with two attached hydrogens (primary N) is 1. The largest absolute Gasteiger partial charge is 0.496 e. The van der Waals surface area contributed by atoms with E-state index in [2.05, 4.69) is 10.1 Å². The zero-order valence-corrected chi connectivity index (χ0v) is 10.6. The molecule has 19 heavy (non-hydrogen) atoms. The number of hydrogen-bond acceptors (Lipinski definition) is 6. The molecular weight excluding hydrogens is 246 g/mol. The minimum absolute atomic E-state index is 0.0581. The zero-order valence-electron chi connectivity index (χ0n) is 10.6. The molecule has 0 spiro atoms. The first-order valence-corrected chi connectivity index (χ1v) is 6.17. The fraction of sp³-hybridized carbons (Fsp3) is 0.385. The number of methoxy groups -OCH3 is 1. The molecular formula is C13H15N3O3. The van der Waals surface area contributed by atoms with E-state index in [0.717, 1.165) is 25.0 Å². The van der Waals surface area contributed by atoms with Crippen LogP contribution in [0, 0.1) is 0 Å². The lowest BCUT2D eigenvalue weighted by molar-refractivity contribution is 0.103. The van der Waals surface area contributed by atoms with Crippen LogP contribution in [0.25, 0.3) is 11.5 Å². The summed E-state index contributed by atoms with van der Waals surface area (Å²) in [5.41, 5.74) is 7.07. The lowest BCUT2D eigenvalue weighted by Gasteiger charge is -2.05. The zero-order chi connectivity index (χ0) is 13.2. The quantitative estimate of drug-likeness (QED) is 0.852. The third kappa shape index (κ3) is 2.26. The summed E-state index contributed by atoms with van der Waals surface area (Å²) in [4.78, 5) is 4.38. The van der Waals surface area contributed by atoms with E-state index >= 15 is 0 Å². The van der Waals surface area contributed by atoms with Crippen LogP contribution >= 0.6 is 0 Å². The Labute approximate surface area is 110 Å². The van der Waals surface area contributed by atoms with Crippen LogP contribution in [0.2, 0.25) is 0 Å². The van der Waals surface area contributed by atoms with Crippen LogP contribution in [0.5, 0.6) is 5.75 Å². The maximum Gasteiger partial charge on any atom is 0.261 e. The Morgan fingerprint density at radius 2 is 2.32 bits per heavy atom. The van der Waals surface area contributed by atoms with Gasteiger partial charge < -0.3 is 19.7 Å². The maximum absolute atomic E-state index is 5.72. The summed E-state index contributed by atoms with van der Waals surface area (Å²) in [5, 5.41) is 3.97. The maximum atomic E-state index is 5.72. The molecule has 2 heterocycles. The van der Waals surface area contributed by atoms with Crippen molar-refractivity contribution in [2.24, 2.45) is 0 Å². The molecule has 3 rings (SSSR count). The third-order valence-corrected chi connectivity index (χ3v) is 3.12. The standard InChI is InChI=1S/C13H15N3O3/c1-17-11-7-8(14)4-5-9(11)13-15-12(16-19-13)10-3-2-6-18-10/h4-5,7,10H,2-3,6,14H2,1H3. The smallest absolute Gasteiger partial charge is 0.261 e. The van der Waals surface area contributed by atoms with Crippen LogP contribution in [0.4, 0.5) is 5.69 Å². The van der Waals surface area contributed by atoms with Crippen molar-refractivity contribution in [1.82, 2.24) is 10.1 Å². The molecule has 6 heteroatoms. The lowest BCUT2D eigenvalue weighted by atomic mass is 10.2. The summed E-state index contributed by atoms with van der Waals surface area (Å²) in [5.74, 6) is 1.62. The number of rotatable bonds is 3. The van der Waals surface area contributed by atoms with E-state index in [-0.39, 0.29) is 6.10 Å². The molecule has 0 radical (unpaired) electrons. The molecule has 2 N–H and O–H groups in total. The molecule has 6 nitrogen and oxygen atoms in total. The van der Waals surface area contributed by atoms with Gasteiger partial charge in [-0.1, -0.05) is 5.16 Å². The van der Waals surface area contributed by atoms with Crippen LogP contribution in [0.15, 0.2) is 22.7 Å². The van der Waals surface area contributed by atoms with Crippen molar-refractivity contribution < 1.29 is 14.0 Å². The molecule has 0 saturated carbocycles. The molecule has 1 aliphatic rings. The van der Waals surface area contributed by atoms with Gasteiger partial charge in [-0.2, -0.15) is 4.98 Å².